The third-order valence-corrected chi connectivity index (χ3v) is 4.16. The molecule has 28 heavy (non-hydrogen) atoms. The Morgan fingerprint density at radius 2 is 0.857 bits per heavy atom. The van der Waals surface area contributed by atoms with Crippen LogP contribution < -0.4 is 138 Å². The summed E-state index contributed by atoms with van der Waals surface area (Å²) < 4.78 is 43.3. The molecule has 0 heterocycles. The molecule has 0 bridgehead atoms. The summed E-state index contributed by atoms with van der Waals surface area (Å²) in [5.74, 6) is 0. The first-order valence-corrected chi connectivity index (χ1v) is 11.1. The molecule has 0 rings (SSSR count). The normalized spacial score (nSPS) is 10.4. The van der Waals surface area contributed by atoms with Gasteiger partial charge in [0, 0.05) is 6.61 Å². The van der Waals surface area contributed by atoms with Crippen molar-refractivity contribution in [2.45, 2.75) is 51.9 Å². The van der Waals surface area contributed by atoms with Crippen LogP contribution in [0.3, 0.4) is 0 Å². The van der Waals surface area contributed by atoms with E-state index in [-0.39, 0.29) is 118 Å². The second kappa shape index (κ2) is 41.4. The standard InChI is InChI=1S/C9H20O.4Na.2O5P2/c1-2-3-4-5-6-7-8-9-10;;;;;2*1-6(2)5-7(3)4/h10H,2-9H2,1H3;;;;;;/q;4*+1;;. The molecule has 0 aliphatic heterocycles. The summed E-state index contributed by atoms with van der Waals surface area (Å²) in [4.78, 5) is 37.0. The summed E-state index contributed by atoms with van der Waals surface area (Å²) in [6, 6.07) is 0. The molecule has 0 aliphatic rings. The minimum Gasteiger partial charge on any atom is -0.563 e. The Balaban J connectivity index is -0.0000000450. The van der Waals surface area contributed by atoms with E-state index >= 15 is 0 Å². The number of unbranched alkanes of at least 4 members (excludes halogenated alkanes) is 6. The minimum absolute atomic E-state index is 0. The Morgan fingerprint density at radius 3 is 1.04 bits per heavy atom. The van der Waals surface area contributed by atoms with Gasteiger partial charge in [0.15, 0.2) is 0 Å². The molecule has 0 aliphatic carbocycles. The van der Waals surface area contributed by atoms with E-state index in [9.17, 15) is 37.8 Å². The molecule has 0 aromatic carbocycles. The van der Waals surface area contributed by atoms with Gasteiger partial charge >= 0.3 is 151 Å². The topological polar surface area (TPSA) is 199 Å². The van der Waals surface area contributed by atoms with Crippen molar-refractivity contribution in [2.75, 3.05) is 6.61 Å². The van der Waals surface area contributed by atoms with Crippen LogP contribution in [0.2, 0.25) is 0 Å². The monoisotopic (exact) mass is 520 g/mol. The molecule has 142 valence electrons. The van der Waals surface area contributed by atoms with Crippen molar-refractivity contribution in [1.29, 1.82) is 0 Å². The van der Waals surface area contributed by atoms with Crippen LogP contribution in [0.4, 0.5) is 0 Å². The van der Waals surface area contributed by atoms with E-state index in [1.807, 2.05) is 0 Å². The van der Waals surface area contributed by atoms with E-state index in [0.717, 1.165) is 6.42 Å². The fourth-order valence-corrected chi connectivity index (χ4v) is 2.05. The predicted octanol–water partition coefficient (Wildman–Crippen LogP) is -11.2. The van der Waals surface area contributed by atoms with Crippen molar-refractivity contribution in [1.82, 2.24) is 0 Å². The van der Waals surface area contributed by atoms with Gasteiger partial charge < -0.3 is 24.7 Å². The maximum Gasteiger partial charge on any atom is 1.00 e. The zero-order valence-corrected chi connectivity index (χ0v) is 28.6. The summed E-state index contributed by atoms with van der Waals surface area (Å²) in [5, 5.41) is 8.47. The van der Waals surface area contributed by atoms with Gasteiger partial charge in [0.1, 0.15) is 8.62 Å². The van der Waals surface area contributed by atoms with Crippen molar-refractivity contribution >= 4 is 33.0 Å². The van der Waals surface area contributed by atoms with Gasteiger partial charge in [0.2, 0.25) is 0 Å². The van der Waals surface area contributed by atoms with Crippen LogP contribution in [-0.2, 0) is 26.9 Å². The summed E-state index contributed by atoms with van der Waals surface area (Å²) in [5.41, 5.74) is 0. The Kier molecular flexibility index (Phi) is 72.9. The van der Waals surface area contributed by atoms with Crippen molar-refractivity contribution in [2.24, 2.45) is 0 Å². The van der Waals surface area contributed by atoms with Crippen LogP contribution in [0, 0.1) is 0 Å². The fourth-order valence-electron chi connectivity index (χ4n) is 1.18. The first kappa shape index (κ1) is 49.3. The van der Waals surface area contributed by atoms with Crippen LogP contribution in [-0.4, -0.2) is 11.7 Å². The molecule has 4 unspecified atom stereocenters. The van der Waals surface area contributed by atoms with E-state index in [2.05, 4.69) is 15.5 Å². The zero-order chi connectivity index (χ0) is 19.4. The molecule has 0 saturated heterocycles. The third-order valence-electron chi connectivity index (χ3n) is 2.03. The molecule has 0 radical (unpaired) electrons. The maximum atomic E-state index is 9.24. The van der Waals surface area contributed by atoms with Gasteiger partial charge in [-0.25, -0.2) is 0 Å². The molecule has 0 spiro atoms. The Morgan fingerprint density at radius 1 is 0.607 bits per heavy atom. The van der Waals surface area contributed by atoms with E-state index in [1.165, 1.54) is 38.5 Å². The average Bonchev–Trinajstić information content (AvgIpc) is 2.41. The van der Waals surface area contributed by atoms with Gasteiger partial charge in [0.25, 0.3) is 0 Å². The van der Waals surface area contributed by atoms with Crippen LogP contribution in [0.5, 0.6) is 0 Å². The van der Waals surface area contributed by atoms with Crippen LogP contribution in [0.1, 0.15) is 51.9 Å². The number of rotatable bonds is 11. The molecule has 0 saturated carbocycles. The van der Waals surface area contributed by atoms with Crippen LogP contribution in [0.15, 0.2) is 0 Å². The van der Waals surface area contributed by atoms with Crippen molar-refractivity contribution in [3.8, 4) is 0 Å². The SMILES string of the molecule is CCCCCCCCCO.O=[P+]([O-])O[P+](=O)[O-].O=[P+]([O-])O[P+](=O)[O-].[Na+].[Na+].[Na+].[Na+]. The predicted molar refractivity (Wildman–Crippen MR) is 77.7 cm³/mol. The second-order valence-corrected chi connectivity index (χ2v) is 7.00. The number of aliphatic hydroxyl groups is 1. The molecule has 0 aromatic heterocycles. The minimum atomic E-state index is -3.24. The van der Waals surface area contributed by atoms with Gasteiger partial charge in [0.05, 0.1) is 0 Å². The Labute approximate surface area is 257 Å². The van der Waals surface area contributed by atoms with Gasteiger partial charge in [-0.15, -0.1) is 0 Å². The van der Waals surface area contributed by atoms with Gasteiger partial charge in [-0.1, -0.05) is 45.4 Å². The fraction of sp³-hybridized carbons (Fsp3) is 1.00. The first-order chi connectivity index (χ1) is 11.2. The van der Waals surface area contributed by atoms with Gasteiger partial charge in [-0.05, 0) is 24.7 Å². The molecule has 0 aromatic rings. The van der Waals surface area contributed by atoms with Crippen molar-refractivity contribution in [3.63, 3.8) is 0 Å². The molecule has 0 fully saturated rings. The van der Waals surface area contributed by atoms with E-state index in [0.29, 0.717) is 6.61 Å². The summed E-state index contributed by atoms with van der Waals surface area (Å²) >= 11 is 0. The zero-order valence-electron chi connectivity index (χ0n) is 17.0. The van der Waals surface area contributed by atoms with E-state index < -0.39 is 33.0 Å². The summed E-state index contributed by atoms with van der Waals surface area (Å²) in [7, 11) is -12.9. The average molecular weight is 520 g/mol. The molecular weight excluding hydrogens is 500 g/mol. The molecule has 19 heteroatoms. The molecular formula is C9H20Na4O11P4+4. The number of hydrogen-bond acceptors (Lipinski definition) is 11. The summed E-state index contributed by atoms with van der Waals surface area (Å²) in [6.45, 7) is 2.60. The number of aliphatic hydroxyl groups excluding tert-OH is 1. The first-order valence-electron chi connectivity index (χ1n) is 6.71. The number of hydrogen-bond donors (Lipinski definition) is 1. The molecule has 4 atom stereocenters. The van der Waals surface area contributed by atoms with E-state index in [1.54, 1.807) is 0 Å². The smallest absolute Gasteiger partial charge is 0.563 e. The summed E-state index contributed by atoms with van der Waals surface area (Å²) in [6.07, 6.45) is 8.93. The van der Waals surface area contributed by atoms with Crippen LogP contribution in [0.25, 0.3) is 0 Å². The van der Waals surface area contributed by atoms with Crippen molar-refractivity contribution in [3.05, 3.63) is 0 Å². The second-order valence-electron chi connectivity index (χ2n) is 3.90. The Bertz CT molecular complexity index is 324. The van der Waals surface area contributed by atoms with Gasteiger partial charge in [-0.3, -0.25) is 0 Å². The molecule has 1 N–H and O–H groups in total. The molecule has 0 amide bonds. The van der Waals surface area contributed by atoms with Crippen LogP contribution >= 0.6 is 33.0 Å². The van der Waals surface area contributed by atoms with Gasteiger partial charge in [-0.2, -0.15) is 0 Å². The van der Waals surface area contributed by atoms with Crippen molar-refractivity contribution < 1.29 is 170 Å². The quantitative estimate of drug-likeness (QED) is 0.154. The maximum absolute atomic E-state index is 9.24. The molecule has 11 nitrogen and oxygen atoms in total. The largest absolute Gasteiger partial charge is 1.00 e. The van der Waals surface area contributed by atoms with E-state index in [4.69, 9.17) is 5.11 Å². The third kappa shape index (κ3) is 69.9. The Hall–Kier alpha value is 4.12.